The molecule has 0 spiro atoms. The lowest BCUT2D eigenvalue weighted by atomic mass is 10.2. The van der Waals surface area contributed by atoms with Crippen LogP contribution in [0.1, 0.15) is 25.3 Å². The van der Waals surface area contributed by atoms with Gasteiger partial charge in [-0.1, -0.05) is 30.7 Å². The van der Waals surface area contributed by atoms with Crippen LogP contribution in [0.3, 0.4) is 0 Å². The third kappa shape index (κ3) is 6.55. The highest BCUT2D eigenvalue weighted by Gasteiger charge is 2.25. The van der Waals surface area contributed by atoms with Crippen molar-refractivity contribution >= 4 is 23.5 Å². The highest BCUT2D eigenvalue weighted by atomic mass is 35.5. The van der Waals surface area contributed by atoms with Crippen molar-refractivity contribution in [2.24, 2.45) is 4.99 Å². The van der Waals surface area contributed by atoms with Crippen molar-refractivity contribution in [3.05, 3.63) is 34.9 Å². The maximum absolute atomic E-state index is 11.7. The Kier molecular flexibility index (Phi) is 8.01. The predicted octanol–water partition coefficient (Wildman–Crippen LogP) is 2.03. The molecule has 1 amide bonds. The Hall–Kier alpha value is -1.79. The highest BCUT2D eigenvalue weighted by molar-refractivity contribution is 6.30. The molecule has 2 N–H and O–H groups in total. The number of halogens is 1. The lowest BCUT2D eigenvalue weighted by Gasteiger charge is -2.18. The van der Waals surface area contributed by atoms with E-state index in [1.165, 1.54) is 0 Å². The van der Waals surface area contributed by atoms with E-state index in [1.54, 1.807) is 7.05 Å². The zero-order valence-electron chi connectivity index (χ0n) is 14.9. The summed E-state index contributed by atoms with van der Waals surface area (Å²) in [6, 6.07) is 7.90. The second-order valence-corrected chi connectivity index (χ2v) is 6.44. The summed E-state index contributed by atoms with van der Waals surface area (Å²) < 4.78 is 5.65. The van der Waals surface area contributed by atoms with Gasteiger partial charge in [0.1, 0.15) is 0 Å². The van der Waals surface area contributed by atoms with Crippen LogP contribution in [0.15, 0.2) is 29.3 Å². The average Bonchev–Trinajstić information content (AvgIpc) is 3.08. The van der Waals surface area contributed by atoms with Crippen molar-refractivity contribution in [3.8, 4) is 0 Å². The highest BCUT2D eigenvalue weighted by Crippen LogP contribution is 2.11. The van der Waals surface area contributed by atoms with E-state index >= 15 is 0 Å². The van der Waals surface area contributed by atoms with Crippen LogP contribution >= 0.6 is 11.6 Å². The molecule has 1 saturated heterocycles. The Balaban J connectivity index is 1.63. The van der Waals surface area contributed by atoms with E-state index < -0.39 is 0 Å². The van der Waals surface area contributed by atoms with Gasteiger partial charge in [0.15, 0.2) is 5.96 Å². The number of carbonyl (C=O) groups is 1. The zero-order chi connectivity index (χ0) is 18.1. The Morgan fingerprint density at radius 3 is 3.04 bits per heavy atom. The molecule has 1 aromatic carbocycles. The maximum Gasteiger partial charge on any atom is 0.222 e. The van der Waals surface area contributed by atoms with E-state index in [2.05, 4.69) is 15.6 Å². The molecule has 1 aliphatic rings. The number of rotatable bonds is 7. The van der Waals surface area contributed by atoms with Crippen molar-refractivity contribution in [3.63, 3.8) is 0 Å². The topological polar surface area (TPSA) is 66.0 Å². The summed E-state index contributed by atoms with van der Waals surface area (Å²) in [5, 5.41) is 7.32. The van der Waals surface area contributed by atoms with Gasteiger partial charge in [0.2, 0.25) is 5.91 Å². The van der Waals surface area contributed by atoms with E-state index in [0.29, 0.717) is 26.2 Å². The fraction of sp³-hybridized carbons (Fsp3) is 0.556. The Morgan fingerprint density at radius 1 is 1.48 bits per heavy atom. The number of nitrogens with zero attached hydrogens (tertiary/aromatic N) is 2. The van der Waals surface area contributed by atoms with Gasteiger partial charge < -0.3 is 20.3 Å². The van der Waals surface area contributed by atoms with Crippen LogP contribution in [0.4, 0.5) is 0 Å². The maximum atomic E-state index is 11.7. The number of amides is 1. The number of likely N-dealkylation sites (tertiary alicyclic amines) is 1. The average molecular weight is 367 g/mol. The molecule has 1 aromatic rings. The Morgan fingerprint density at radius 2 is 2.32 bits per heavy atom. The molecule has 1 heterocycles. The molecule has 25 heavy (non-hydrogen) atoms. The minimum absolute atomic E-state index is 0.210. The standard InChI is InChI=1S/C18H27ClN4O2/c1-3-17(24)23-9-7-16(12-23)22-18(20-2)21-8-10-25-13-14-5-4-6-15(19)11-14/h4-6,11,16H,3,7-10,12-13H2,1-2H3,(H2,20,21,22). The number of nitrogens with one attached hydrogen (secondary N) is 2. The zero-order valence-corrected chi connectivity index (χ0v) is 15.7. The molecule has 2 rings (SSSR count). The second-order valence-electron chi connectivity index (χ2n) is 6.00. The first-order chi connectivity index (χ1) is 12.1. The summed E-state index contributed by atoms with van der Waals surface area (Å²) in [7, 11) is 1.74. The van der Waals surface area contributed by atoms with Crippen LogP contribution in [-0.2, 0) is 16.1 Å². The fourth-order valence-electron chi connectivity index (χ4n) is 2.77. The Bertz CT molecular complexity index is 594. The summed E-state index contributed by atoms with van der Waals surface area (Å²) in [6.07, 6.45) is 1.50. The van der Waals surface area contributed by atoms with Crippen LogP contribution in [0.2, 0.25) is 5.02 Å². The van der Waals surface area contributed by atoms with Crippen molar-refractivity contribution in [2.45, 2.75) is 32.4 Å². The van der Waals surface area contributed by atoms with Crippen molar-refractivity contribution in [1.29, 1.82) is 0 Å². The van der Waals surface area contributed by atoms with Crippen LogP contribution < -0.4 is 10.6 Å². The van der Waals surface area contributed by atoms with Gasteiger partial charge in [0.05, 0.1) is 13.2 Å². The summed E-state index contributed by atoms with van der Waals surface area (Å²) in [5.74, 6) is 0.948. The molecular weight excluding hydrogens is 340 g/mol. The molecule has 6 nitrogen and oxygen atoms in total. The lowest BCUT2D eigenvalue weighted by molar-refractivity contribution is -0.129. The first-order valence-electron chi connectivity index (χ1n) is 8.69. The van der Waals surface area contributed by atoms with Gasteiger partial charge in [-0.25, -0.2) is 0 Å². The third-order valence-corrected chi connectivity index (χ3v) is 4.34. The fourth-order valence-corrected chi connectivity index (χ4v) is 2.99. The van der Waals surface area contributed by atoms with E-state index in [4.69, 9.17) is 16.3 Å². The number of guanidine groups is 1. The van der Waals surface area contributed by atoms with Gasteiger partial charge in [-0.2, -0.15) is 0 Å². The predicted molar refractivity (Wildman–Crippen MR) is 101 cm³/mol. The van der Waals surface area contributed by atoms with Crippen molar-refractivity contribution < 1.29 is 9.53 Å². The molecule has 1 atom stereocenters. The molecular formula is C18H27ClN4O2. The van der Waals surface area contributed by atoms with Crippen LogP contribution in [0.5, 0.6) is 0 Å². The largest absolute Gasteiger partial charge is 0.375 e. The van der Waals surface area contributed by atoms with Gasteiger partial charge in [-0.15, -0.1) is 0 Å². The molecule has 0 aliphatic carbocycles. The Labute approximate surface area is 154 Å². The van der Waals surface area contributed by atoms with Gasteiger partial charge >= 0.3 is 0 Å². The number of hydrogen-bond donors (Lipinski definition) is 2. The lowest BCUT2D eigenvalue weighted by Crippen LogP contribution is -2.45. The third-order valence-electron chi connectivity index (χ3n) is 4.10. The molecule has 7 heteroatoms. The molecule has 0 saturated carbocycles. The molecule has 1 aliphatic heterocycles. The summed E-state index contributed by atoms with van der Waals surface area (Å²) in [6.45, 7) is 5.20. The molecule has 0 aromatic heterocycles. The SMILES string of the molecule is CCC(=O)N1CCC(NC(=NC)NCCOCc2cccc(Cl)c2)C1. The molecule has 0 radical (unpaired) electrons. The van der Waals surface area contributed by atoms with Crippen molar-refractivity contribution in [1.82, 2.24) is 15.5 Å². The van der Waals surface area contributed by atoms with Crippen molar-refractivity contribution in [2.75, 3.05) is 33.3 Å². The number of carbonyl (C=O) groups excluding carboxylic acids is 1. The van der Waals surface area contributed by atoms with Crippen LogP contribution in [-0.4, -0.2) is 56.1 Å². The normalized spacial score (nSPS) is 17.6. The minimum Gasteiger partial charge on any atom is -0.375 e. The van der Waals surface area contributed by atoms with E-state index in [1.807, 2.05) is 36.1 Å². The smallest absolute Gasteiger partial charge is 0.222 e. The van der Waals surface area contributed by atoms with Gasteiger partial charge in [0.25, 0.3) is 0 Å². The van der Waals surface area contributed by atoms with E-state index in [0.717, 1.165) is 36.1 Å². The van der Waals surface area contributed by atoms with Gasteiger partial charge in [-0.3, -0.25) is 9.79 Å². The van der Waals surface area contributed by atoms with E-state index in [-0.39, 0.29) is 11.9 Å². The molecule has 1 fully saturated rings. The number of benzene rings is 1. The summed E-state index contributed by atoms with van der Waals surface area (Å²) in [5.41, 5.74) is 1.06. The number of aliphatic imine (C=N–C) groups is 1. The molecule has 138 valence electrons. The minimum atomic E-state index is 0.210. The first-order valence-corrected chi connectivity index (χ1v) is 9.07. The number of ether oxygens (including phenoxy) is 1. The van der Waals surface area contributed by atoms with Crippen LogP contribution in [0, 0.1) is 0 Å². The van der Waals surface area contributed by atoms with E-state index in [9.17, 15) is 4.79 Å². The monoisotopic (exact) mass is 366 g/mol. The molecule has 1 unspecified atom stereocenters. The van der Waals surface area contributed by atoms with Gasteiger partial charge in [0, 0.05) is 44.2 Å². The van der Waals surface area contributed by atoms with Crippen LogP contribution in [0.25, 0.3) is 0 Å². The first kappa shape index (κ1) is 19.5. The molecule has 0 bridgehead atoms. The summed E-state index contributed by atoms with van der Waals surface area (Å²) >= 11 is 5.95. The number of hydrogen-bond acceptors (Lipinski definition) is 3. The second kappa shape index (κ2) is 10.3. The van der Waals surface area contributed by atoms with Gasteiger partial charge in [-0.05, 0) is 24.1 Å². The quantitative estimate of drug-likeness (QED) is 0.440. The summed E-state index contributed by atoms with van der Waals surface area (Å²) in [4.78, 5) is 17.9.